The second kappa shape index (κ2) is 7.05. The summed E-state index contributed by atoms with van der Waals surface area (Å²) in [6.07, 6.45) is -0.841. The minimum Gasteiger partial charge on any atom is -0.387 e. The van der Waals surface area contributed by atoms with Gasteiger partial charge in [0, 0.05) is 19.6 Å². The van der Waals surface area contributed by atoms with Crippen molar-refractivity contribution < 1.29 is 18.6 Å². The molecule has 3 atom stereocenters. The molecule has 0 saturated carbocycles. The molecule has 0 aliphatic carbocycles. The molecular formula is C17H19F2NO2S. The van der Waals surface area contributed by atoms with Crippen LogP contribution in [0.5, 0.6) is 0 Å². The molecule has 3 nitrogen and oxygen atoms in total. The first kappa shape index (κ1) is 16.5. The third kappa shape index (κ3) is 3.95. The van der Waals surface area contributed by atoms with Crippen molar-refractivity contribution in [3.8, 4) is 0 Å². The highest BCUT2D eigenvalue weighted by atomic mass is 32.1. The van der Waals surface area contributed by atoms with Crippen LogP contribution in [0.4, 0.5) is 8.78 Å². The number of hydrogen-bond donors (Lipinski definition) is 1. The molecule has 0 amide bonds. The monoisotopic (exact) mass is 339 g/mol. The smallest absolute Gasteiger partial charge is 0.159 e. The van der Waals surface area contributed by atoms with Crippen LogP contribution in [-0.2, 0) is 4.74 Å². The molecule has 0 spiro atoms. The average molecular weight is 339 g/mol. The maximum Gasteiger partial charge on any atom is 0.159 e. The molecule has 1 fully saturated rings. The Bertz CT molecular complexity index is 650. The van der Waals surface area contributed by atoms with Crippen molar-refractivity contribution >= 4 is 11.3 Å². The first-order valence-corrected chi connectivity index (χ1v) is 8.50. The highest BCUT2D eigenvalue weighted by Gasteiger charge is 2.28. The molecule has 3 unspecified atom stereocenters. The molecule has 1 aromatic carbocycles. The van der Waals surface area contributed by atoms with Crippen molar-refractivity contribution in [2.75, 3.05) is 19.6 Å². The number of aliphatic hydroxyl groups is 1. The van der Waals surface area contributed by atoms with Gasteiger partial charge >= 0.3 is 0 Å². The zero-order valence-corrected chi connectivity index (χ0v) is 13.6. The Morgan fingerprint density at radius 2 is 2.13 bits per heavy atom. The number of nitrogens with zero attached hydrogens (tertiary/aromatic N) is 1. The summed E-state index contributed by atoms with van der Waals surface area (Å²) in [6.45, 7) is 3.72. The van der Waals surface area contributed by atoms with Gasteiger partial charge in [-0.2, -0.15) is 11.3 Å². The van der Waals surface area contributed by atoms with E-state index in [0.29, 0.717) is 25.2 Å². The van der Waals surface area contributed by atoms with E-state index in [1.165, 1.54) is 6.07 Å². The Morgan fingerprint density at radius 1 is 1.30 bits per heavy atom. The van der Waals surface area contributed by atoms with Crippen LogP contribution in [0, 0.1) is 11.6 Å². The Kier molecular flexibility index (Phi) is 5.06. The number of ether oxygens (including phenoxy) is 1. The highest BCUT2D eigenvalue weighted by molar-refractivity contribution is 7.07. The maximum atomic E-state index is 13.3. The Hall–Kier alpha value is -1.34. The summed E-state index contributed by atoms with van der Waals surface area (Å²) in [5.74, 6) is -1.84. The fraction of sp³-hybridized carbons (Fsp3) is 0.412. The van der Waals surface area contributed by atoms with Gasteiger partial charge in [-0.1, -0.05) is 6.07 Å². The normalized spacial score (nSPS) is 23.8. The molecular weight excluding hydrogens is 320 g/mol. The van der Waals surface area contributed by atoms with Gasteiger partial charge in [-0.25, -0.2) is 8.78 Å². The van der Waals surface area contributed by atoms with Crippen LogP contribution in [0.15, 0.2) is 35.0 Å². The number of morpholine rings is 1. The van der Waals surface area contributed by atoms with Crippen LogP contribution in [0.25, 0.3) is 0 Å². The predicted molar refractivity (Wildman–Crippen MR) is 85.4 cm³/mol. The van der Waals surface area contributed by atoms with E-state index >= 15 is 0 Å². The van der Waals surface area contributed by atoms with Crippen molar-refractivity contribution in [3.63, 3.8) is 0 Å². The molecule has 1 aromatic heterocycles. The lowest BCUT2D eigenvalue weighted by molar-refractivity contribution is -0.0868. The van der Waals surface area contributed by atoms with E-state index in [4.69, 9.17) is 4.74 Å². The lowest BCUT2D eigenvalue weighted by atomic mass is 10.1. The lowest BCUT2D eigenvalue weighted by Gasteiger charge is -2.37. The van der Waals surface area contributed by atoms with Gasteiger partial charge < -0.3 is 9.84 Å². The predicted octanol–water partition coefficient (Wildman–Crippen LogP) is 3.52. The number of halogens is 2. The largest absolute Gasteiger partial charge is 0.387 e. The van der Waals surface area contributed by atoms with E-state index in [9.17, 15) is 13.9 Å². The van der Waals surface area contributed by atoms with Crippen LogP contribution >= 0.6 is 11.3 Å². The van der Waals surface area contributed by atoms with Gasteiger partial charge in [0.15, 0.2) is 11.6 Å². The van der Waals surface area contributed by atoms with Crippen molar-refractivity contribution in [1.29, 1.82) is 0 Å². The fourth-order valence-corrected chi connectivity index (χ4v) is 3.60. The van der Waals surface area contributed by atoms with E-state index in [0.717, 1.165) is 17.7 Å². The standard InChI is InChI=1S/C17H19F2NO2S/c1-11-7-20(9-17(22-11)13-4-5-23-10-13)8-16(21)12-2-3-14(18)15(19)6-12/h2-6,10-11,16-17,21H,7-9H2,1H3. The maximum absolute atomic E-state index is 13.3. The molecule has 124 valence electrons. The minimum absolute atomic E-state index is 0.0258. The topological polar surface area (TPSA) is 32.7 Å². The van der Waals surface area contributed by atoms with Crippen LogP contribution in [0.2, 0.25) is 0 Å². The Balaban J connectivity index is 1.67. The van der Waals surface area contributed by atoms with E-state index < -0.39 is 17.7 Å². The zero-order valence-electron chi connectivity index (χ0n) is 12.8. The molecule has 23 heavy (non-hydrogen) atoms. The van der Waals surface area contributed by atoms with Gasteiger partial charge in [0.05, 0.1) is 18.3 Å². The molecule has 1 saturated heterocycles. The van der Waals surface area contributed by atoms with Crippen molar-refractivity contribution in [3.05, 3.63) is 57.8 Å². The number of aliphatic hydroxyl groups excluding tert-OH is 1. The van der Waals surface area contributed by atoms with Gasteiger partial charge in [-0.3, -0.25) is 4.90 Å². The minimum atomic E-state index is -0.937. The summed E-state index contributed by atoms with van der Waals surface area (Å²) in [5.41, 5.74) is 1.52. The van der Waals surface area contributed by atoms with E-state index in [-0.39, 0.29) is 12.2 Å². The summed E-state index contributed by atoms with van der Waals surface area (Å²) >= 11 is 1.62. The molecule has 1 N–H and O–H groups in total. The zero-order chi connectivity index (χ0) is 16.4. The van der Waals surface area contributed by atoms with E-state index in [1.807, 2.05) is 18.4 Å². The van der Waals surface area contributed by atoms with Crippen molar-refractivity contribution in [2.45, 2.75) is 25.2 Å². The fourth-order valence-electron chi connectivity index (χ4n) is 2.90. The van der Waals surface area contributed by atoms with Gasteiger partial charge in [0.25, 0.3) is 0 Å². The van der Waals surface area contributed by atoms with Crippen LogP contribution in [0.3, 0.4) is 0 Å². The van der Waals surface area contributed by atoms with Gasteiger partial charge in [0.1, 0.15) is 0 Å². The molecule has 2 heterocycles. The molecule has 3 rings (SSSR count). The molecule has 1 aliphatic heterocycles. The Morgan fingerprint density at radius 3 is 2.83 bits per heavy atom. The SMILES string of the molecule is CC1CN(CC(O)c2ccc(F)c(F)c2)CC(c2ccsc2)O1. The van der Waals surface area contributed by atoms with Gasteiger partial charge in [0.2, 0.25) is 0 Å². The number of rotatable bonds is 4. The molecule has 6 heteroatoms. The van der Waals surface area contributed by atoms with Crippen LogP contribution in [0.1, 0.15) is 30.3 Å². The third-order valence-corrected chi connectivity index (χ3v) is 4.71. The number of hydrogen-bond acceptors (Lipinski definition) is 4. The average Bonchev–Trinajstić information content (AvgIpc) is 3.03. The van der Waals surface area contributed by atoms with E-state index in [1.54, 1.807) is 11.3 Å². The Labute approximate surface area is 138 Å². The summed E-state index contributed by atoms with van der Waals surface area (Å²) in [6, 6.07) is 5.56. The van der Waals surface area contributed by atoms with Gasteiger partial charge in [-0.05, 0) is 47.0 Å². The summed E-state index contributed by atoms with van der Waals surface area (Å²) in [4.78, 5) is 2.10. The molecule has 1 aliphatic rings. The second-order valence-corrected chi connectivity index (χ2v) is 6.68. The van der Waals surface area contributed by atoms with Gasteiger partial charge in [-0.15, -0.1) is 0 Å². The van der Waals surface area contributed by atoms with Crippen LogP contribution < -0.4 is 0 Å². The van der Waals surface area contributed by atoms with Crippen LogP contribution in [-0.4, -0.2) is 35.7 Å². The first-order valence-electron chi connectivity index (χ1n) is 7.56. The summed E-state index contributed by atoms with van der Waals surface area (Å²) in [7, 11) is 0. The van der Waals surface area contributed by atoms with Crippen molar-refractivity contribution in [1.82, 2.24) is 4.90 Å². The number of β-amino-alcohol motifs (C(OH)–C–C–N with tert-alkyl or cyclic N) is 1. The number of thiophene rings is 1. The molecule has 0 radical (unpaired) electrons. The quantitative estimate of drug-likeness (QED) is 0.925. The summed E-state index contributed by atoms with van der Waals surface area (Å²) < 4.78 is 32.3. The third-order valence-electron chi connectivity index (χ3n) is 4.01. The molecule has 0 bridgehead atoms. The lowest BCUT2D eigenvalue weighted by Crippen LogP contribution is -2.44. The second-order valence-electron chi connectivity index (χ2n) is 5.90. The highest BCUT2D eigenvalue weighted by Crippen LogP contribution is 2.28. The first-order chi connectivity index (χ1) is 11.0. The van der Waals surface area contributed by atoms with Crippen molar-refractivity contribution in [2.24, 2.45) is 0 Å². The van der Waals surface area contributed by atoms with E-state index in [2.05, 4.69) is 10.3 Å². The molecule has 2 aromatic rings. The number of benzene rings is 1. The summed E-state index contributed by atoms with van der Waals surface area (Å²) in [5, 5.41) is 14.4.